The summed E-state index contributed by atoms with van der Waals surface area (Å²) < 4.78 is 0. The fraction of sp³-hybridized carbons (Fsp3) is 0.231. The minimum absolute atomic E-state index is 0.344. The number of rotatable bonds is 5. The van der Waals surface area contributed by atoms with Crippen LogP contribution in [0.4, 0.5) is 0 Å². The van der Waals surface area contributed by atoms with Crippen molar-refractivity contribution >= 4 is 17.9 Å². The Morgan fingerprint density at radius 3 is 2.72 bits per heavy atom. The summed E-state index contributed by atoms with van der Waals surface area (Å²) in [5, 5.41) is 0. The molecule has 0 saturated carbocycles. The van der Waals surface area contributed by atoms with Gasteiger partial charge in [0, 0.05) is 6.08 Å². The van der Waals surface area contributed by atoms with Crippen molar-refractivity contribution < 1.29 is 14.4 Å². The molecule has 0 radical (unpaired) electrons. The van der Waals surface area contributed by atoms with Crippen LogP contribution in [0.2, 0.25) is 0 Å². The maximum Gasteiger partial charge on any atom is 0.267 e. The molecular formula is C13H16N2O3. The van der Waals surface area contributed by atoms with Gasteiger partial charge in [-0.1, -0.05) is 23.8 Å². The first-order valence-corrected chi connectivity index (χ1v) is 5.44. The molecule has 5 nitrogen and oxygen atoms in total. The van der Waals surface area contributed by atoms with E-state index in [1.54, 1.807) is 6.08 Å². The standard InChI is InChI=1S/C13H16N2O3/c1-9-3-4-11(10(2)7-9)5-6-13(17)15-18-8-12(14)16/h3-7H,8H2,1-2H3,(H2,14,16)(H,15,17)/b6-5+. The van der Waals surface area contributed by atoms with Crippen LogP contribution in [0.3, 0.4) is 0 Å². The van der Waals surface area contributed by atoms with E-state index < -0.39 is 11.8 Å². The number of primary amides is 1. The zero-order chi connectivity index (χ0) is 13.5. The van der Waals surface area contributed by atoms with Crippen LogP contribution < -0.4 is 11.2 Å². The van der Waals surface area contributed by atoms with Crippen molar-refractivity contribution in [1.82, 2.24) is 5.48 Å². The Balaban J connectivity index is 2.53. The highest BCUT2D eigenvalue weighted by atomic mass is 16.7. The Bertz CT molecular complexity index is 481. The van der Waals surface area contributed by atoms with E-state index in [1.807, 2.05) is 32.0 Å². The van der Waals surface area contributed by atoms with E-state index in [1.165, 1.54) is 11.6 Å². The van der Waals surface area contributed by atoms with E-state index in [-0.39, 0.29) is 6.61 Å². The number of hydrogen-bond donors (Lipinski definition) is 2. The smallest absolute Gasteiger partial charge is 0.267 e. The minimum Gasteiger partial charge on any atom is -0.368 e. The van der Waals surface area contributed by atoms with Crippen LogP contribution in [0.1, 0.15) is 16.7 Å². The van der Waals surface area contributed by atoms with Gasteiger partial charge in [-0.05, 0) is 31.1 Å². The average molecular weight is 248 g/mol. The van der Waals surface area contributed by atoms with Crippen LogP contribution >= 0.6 is 0 Å². The van der Waals surface area contributed by atoms with Crippen molar-refractivity contribution in [2.24, 2.45) is 5.73 Å². The van der Waals surface area contributed by atoms with E-state index in [9.17, 15) is 9.59 Å². The lowest BCUT2D eigenvalue weighted by molar-refractivity contribution is -0.134. The molecule has 0 aliphatic heterocycles. The normalized spacial score (nSPS) is 10.6. The lowest BCUT2D eigenvalue weighted by Gasteiger charge is -2.02. The molecule has 0 bridgehead atoms. The number of nitrogens with two attached hydrogens (primary N) is 1. The molecular weight excluding hydrogens is 232 g/mol. The third kappa shape index (κ3) is 4.80. The second-order valence-corrected chi connectivity index (χ2v) is 3.91. The van der Waals surface area contributed by atoms with Crippen molar-refractivity contribution in [2.75, 3.05) is 6.61 Å². The lowest BCUT2D eigenvalue weighted by atomic mass is 10.1. The van der Waals surface area contributed by atoms with Crippen LogP contribution in [0.5, 0.6) is 0 Å². The third-order valence-electron chi connectivity index (χ3n) is 2.23. The average Bonchev–Trinajstić information content (AvgIpc) is 2.27. The largest absolute Gasteiger partial charge is 0.368 e. The van der Waals surface area contributed by atoms with Gasteiger partial charge in [-0.25, -0.2) is 5.48 Å². The Kier molecular flexibility index (Phi) is 5.07. The van der Waals surface area contributed by atoms with Gasteiger partial charge in [0.2, 0.25) is 5.91 Å². The summed E-state index contributed by atoms with van der Waals surface area (Å²) in [6, 6.07) is 5.92. The van der Waals surface area contributed by atoms with Crippen molar-refractivity contribution in [3.8, 4) is 0 Å². The van der Waals surface area contributed by atoms with Crippen LogP contribution in [0.15, 0.2) is 24.3 Å². The Morgan fingerprint density at radius 2 is 2.11 bits per heavy atom. The van der Waals surface area contributed by atoms with Crippen LogP contribution in [-0.4, -0.2) is 18.4 Å². The molecule has 1 aromatic rings. The SMILES string of the molecule is Cc1ccc(/C=C/C(=O)NOCC(N)=O)c(C)c1. The highest BCUT2D eigenvalue weighted by molar-refractivity contribution is 5.91. The second kappa shape index (κ2) is 6.56. The summed E-state index contributed by atoms with van der Waals surface area (Å²) in [6.07, 6.45) is 3.01. The molecule has 0 aromatic heterocycles. The Hall–Kier alpha value is -2.14. The van der Waals surface area contributed by atoms with Crippen molar-refractivity contribution in [3.05, 3.63) is 41.0 Å². The van der Waals surface area contributed by atoms with Crippen LogP contribution in [-0.2, 0) is 14.4 Å². The predicted molar refractivity (Wildman–Crippen MR) is 68.2 cm³/mol. The topological polar surface area (TPSA) is 81.4 Å². The summed E-state index contributed by atoms with van der Waals surface area (Å²) in [6.45, 7) is 3.63. The highest BCUT2D eigenvalue weighted by Gasteiger charge is 1.99. The van der Waals surface area contributed by atoms with E-state index in [2.05, 4.69) is 10.3 Å². The van der Waals surface area contributed by atoms with E-state index >= 15 is 0 Å². The fourth-order valence-electron chi connectivity index (χ4n) is 1.39. The van der Waals surface area contributed by atoms with Gasteiger partial charge in [-0.15, -0.1) is 0 Å². The molecule has 3 N–H and O–H groups in total. The number of carbonyl (C=O) groups is 2. The molecule has 96 valence electrons. The highest BCUT2D eigenvalue weighted by Crippen LogP contribution is 2.11. The zero-order valence-electron chi connectivity index (χ0n) is 10.4. The van der Waals surface area contributed by atoms with E-state index in [0.29, 0.717) is 0 Å². The van der Waals surface area contributed by atoms with Gasteiger partial charge in [0.25, 0.3) is 5.91 Å². The maximum absolute atomic E-state index is 11.3. The summed E-state index contributed by atoms with van der Waals surface area (Å²) in [7, 11) is 0. The third-order valence-corrected chi connectivity index (χ3v) is 2.23. The first-order valence-electron chi connectivity index (χ1n) is 5.44. The maximum atomic E-state index is 11.3. The number of hydrogen-bond acceptors (Lipinski definition) is 3. The molecule has 0 atom stereocenters. The van der Waals surface area contributed by atoms with Crippen LogP contribution in [0.25, 0.3) is 6.08 Å². The van der Waals surface area contributed by atoms with Gasteiger partial charge < -0.3 is 5.73 Å². The molecule has 0 heterocycles. The van der Waals surface area contributed by atoms with Gasteiger partial charge in [0.15, 0.2) is 6.61 Å². The predicted octanol–water partition coefficient (Wildman–Crippen LogP) is 0.850. The van der Waals surface area contributed by atoms with Gasteiger partial charge in [-0.2, -0.15) is 0 Å². The van der Waals surface area contributed by atoms with Gasteiger partial charge in [-0.3, -0.25) is 14.4 Å². The molecule has 2 amide bonds. The summed E-state index contributed by atoms with van der Waals surface area (Å²) in [5.74, 6) is -1.09. The number of nitrogens with one attached hydrogen (secondary N) is 1. The van der Waals surface area contributed by atoms with Crippen molar-refractivity contribution in [3.63, 3.8) is 0 Å². The molecule has 0 spiro atoms. The number of amides is 2. The van der Waals surface area contributed by atoms with Crippen LogP contribution in [0, 0.1) is 13.8 Å². The van der Waals surface area contributed by atoms with E-state index in [4.69, 9.17) is 5.73 Å². The molecule has 1 rings (SSSR count). The molecule has 0 unspecified atom stereocenters. The number of carbonyl (C=O) groups excluding carboxylic acids is 2. The zero-order valence-corrected chi connectivity index (χ0v) is 10.4. The molecule has 0 aliphatic carbocycles. The van der Waals surface area contributed by atoms with E-state index in [0.717, 1.165) is 11.1 Å². The molecule has 0 fully saturated rings. The lowest BCUT2D eigenvalue weighted by Crippen LogP contribution is -2.28. The molecule has 5 heteroatoms. The Labute approximate surface area is 106 Å². The van der Waals surface area contributed by atoms with Gasteiger partial charge in [0.05, 0.1) is 0 Å². The Morgan fingerprint density at radius 1 is 1.39 bits per heavy atom. The monoisotopic (exact) mass is 248 g/mol. The summed E-state index contributed by atoms with van der Waals surface area (Å²) >= 11 is 0. The number of hydroxylamine groups is 1. The quantitative estimate of drug-likeness (QED) is 0.598. The summed E-state index contributed by atoms with van der Waals surface area (Å²) in [4.78, 5) is 26.2. The molecule has 1 aromatic carbocycles. The first kappa shape index (κ1) is 13.9. The second-order valence-electron chi connectivity index (χ2n) is 3.91. The van der Waals surface area contributed by atoms with Gasteiger partial charge in [0.1, 0.15) is 0 Å². The molecule has 0 saturated heterocycles. The molecule has 0 aliphatic rings. The van der Waals surface area contributed by atoms with Crippen molar-refractivity contribution in [2.45, 2.75) is 13.8 Å². The van der Waals surface area contributed by atoms with Gasteiger partial charge >= 0.3 is 0 Å². The first-order chi connectivity index (χ1) is 8.49. The van der Waals surface area contributed by atoms with Crippen molar-refractivity contribution in [1.29, 1.82) is 0 Å². The number of aryl methyl sites for hydroxylation is 2. The minimum atomic E-state index is -0.645. The molecule has 18 heavy (non-hydrogen) atoms. The fourth-order valence-corrected chi connectivity index (χ4v) is 1.39. The summed E-state index contributed by atoms with van der Waals surface area (Å²) in [5.41, 5.74) is 10.1. The number of benzene rings is 1.